The summed E-state index contributed by atoms with van der Waals surface area (Å²) < 4.78 is 15.6. The van der Waals surface area contributed by atoms with Gasteiger partial charge in [0.25, 0.3) is 0 Å². The fourth-order valence-electron chi connectivity index (χ4n) is 2.71. The van der Waals surface area contributed by atoms with E-state index in [1.54, 1.807) is 21.3 Å². The van der Waals surface area contributed by atoms with E-state index in [9.17, 15) is 0 Å². The summed E-state index contributed by atoms with van der Waals surface area (Å²) in [4.78, 5) is 4.72. The molecule has 7 heteroatoms. The lowest BCUT2D eigenvalue weighted by atomic mass is 10.0. The summed E-state index contributed by atoms with van der Waals surface area (Å²) in [6, 6.07) is 15.4. The van der Waals surface area contributed by atoms with E-state index in [1.165, 1.54) is 0 Å². The van der Waals surface area contributed by atoms with E-state index in [0.717, 1.165) is 34.7 Å². The molecule has 28 heavy (non-hydrogen) atoms. The van der Waals surface area contributed by atoms with Crippen LogP contribution in [0.25, 0.3) is 22.5 Å². The maximum atomic E-state index is 5.26. The highest BCUT2D eigenvalue weighted by molar-refractivity contribution is 5.78. The van der Waals surface area contributed by atoms with Crippen LogP contribution in [0.4, 0.5) is 5.95 Å². The van der Waals surface area contributed by atoms with Crippen molar-refractivity contribution in [2.24, 2.45) is 0 Å². The summed E-state index contributed by atoms with van der Waals surface area (Å²) in [6.45, 7) is 1.38. The van der Waals surface area contributed by atoms with E-state index in [0.29, 0.717) is 24.8 Å². The van der Waals surface area contributed by atoms with Crippen LogP contribution in [0.1, 0.15) is 6.42 Å². The quantitative estimate of drug-likeness (QED) is 0.567. The molecule has 7 nitrogen and oxygen atoms in total. The number of ether oxygens (including phenoxy) is 3. The first kappa shape index (κ1) is 19.6. The van der Waals surface area contributed by atoms with Gasteiger partial charge in [-0.1, -0.05) is 0 Å². The van der Waals surface area contributed by atoms with Gasteiger partial charge in [0.05, 0.1) is 14.2 Å². The summed E-state index contributed by atoms with van der Waals surface area (Å²) in [6.07, 6.45) is 0.859. The van der Waals surface area contributed by atoms with E-state index < -0.39 is 0 Å². The van der Waals surface area contributed by atoms with E-state index in [1.807, 2.05) is 48.5 Å². The number of methoxy groups -OCH3 is 3. The molecular formula is C21H24N4O3. The van der Waals surface area contributed by atoms with Crippen molar-refractivity contribution in [2.75, 3.05) is 39.8 Å². The molecule has 0 spiro atoms. The summed E-state index contributed by atoms with van der Waals surface area (Å²) >= 11 is 0. The van der Waals surface area contributed by atoms with Gasteiger partial charge in [0.1, 0.15) is 22.9 Å². The molecule has 0 saturated heterocycles. The second-order valence-corrected chi connectivity index (χ2v) is 6.06. The summed E-state index contributed by atoms with van der Waals surface area (Å²) in [5.41, 5.74) is 3.30. The third-order valence-electron chi connectivity index (χ3n) is 4.22. The van der Waals surface area contributed by atoms with E-state index in [-0.39, 0.29) is 0 Å². The predicted octanol–water partition coefficient (Wildman–Crippen LogP) is 3.67. The van der Waals surface area contributed by atoms with Crippen molar-refractivity contribution >= 4 is 5.95 Å². The van der Waals surface area contributed by atoms with Crippen molar-refractivity contribution in [2.45, 2.75) is 6.42 Å². The third kappa shape index (κ3) is 4.75. The number of rotatable bonds is 9. The highest BCUT2D eigenvalue weighted by atomic mass is 16.5. The molecule has 3 rings (SSSR count). The molecule has 1 N–H and O–H groups in total. The fourth-order valence-corrected chi connectivity index (χ4v) is 2.71. The number of aromatic nitrogens is 3. The molecule has 0 aliphatic rings. The Hall–Kier alpha value is -3.19. The molecule has 0 aliphatic carbocycles. The number of hydrogen-bond donors (Lipinski definition) is 1. The lowest BCUT2D eigenvalue weighted by molar-refractivity contribution is 0.197. The summed E-state index contributed by atoms with van der Waals surface area (Å²) in [5.74, 6) is 2.06. The molecule has 146 valence electrons. The summed E-state index contributed by atoms with van der Waals surface area (Å²) in [5, 5.41) is 11.9. The minimum absolute atomic E-state index is 0.485. The van der Waals surface area contributed by atoms with Gasteiger partial charge in [0.2, 0.25) is 5.95 Å². The molecule has 0 fully saturated rings. The SMILES string of the molecule is COCCCNc1nnc(-c2ccc(OC)cc2)c(-c2ccc(OC)cc2)n1. The van der Waals surface area contributed by atoms with Crippen LogP contribution in [0.15, 0.2) is 48.5 Å². The fraction of sp³-hybridized carbons (Fsp3) is 0.286. The zero-order valence-corrected chi connectivity index (χ0v) is 16.3. The van der Waals surface area contributed by atoms with Crippen LogP contribution in [0.5, 0.6) is 11.5 Å². The van der Waals surface area contributed by atoms with Gasteiger partial charge in [-0.05, 0) is 55.0 Å². The Morgan fingerprint density at radius 3 is 1.86 bits per heavy atom. The number of hydrogen-bond acceptors (Lipinski definition) is 7. The Labute approximate surface area is 164 Å². The van der Waals surface area contributed by atoms with Crippen molar-refractivity contribution in [3.05, 3.63) is 48.5 Å². The van der Waals surface area contributed by atoms with Gasteiger partial charge in [-0.15, -0.1) is 10.2 Å². The average Bonchev–Trinajstić information content (AvgIpc) is 2.77. The first-order valence-electron chi connectivity index (χ1n) is 9.01. The molecular weight excluding hydrogens is 356 g/mol. The van der Waals surface area contributed by atoms with Gasteiger partial charge in [-0.2, -0.15) is 0 Å². The van der Waals surface area contributed by atoms with Crippen molar-refractivity contribution < 1.29 is 14.2 Å². The molecule has 0 radical (unpaired) electrons. The Kier molecular flexibility index (Phi) is 6.75. The second kappa shape index (κ2) is 9.66. The Morgan fingerprint density at radius 2 is 1.32 bits per heavy atom. The smallest absolute Gasteiger partial charge is 0.243 e. The Balaban J connectivity index is 1.96. The zero-order valence-electron chi connectivity index (χ0n) is 16.3. The predicted molar refractivity (Wildman–Crippen MR) is 109 cm³/mol. The molecule has 1 aromatic heterocycles. The van der Waals surface area contributed by atoms with Crippen molar-refractivity contribution in [3.8, 4) is 34.0 Å². The minimum Gasteiger partial charge on any atom is -0.497 e. The number of benzene rings is 2. The molecule has 0 aliphatic heterocycles. The minimum atomic E-state index is 0.485. The molecule has 0 amide bonds. The molecule has 3 aromatic rings. The topological polar surface area (TPSA) is 78.4 Å². The first-order chi connectivity index (χ1) is 13.7. The van der Waals surface area contributed by atoms with Gasteiger partial charge < -0.3 is 19.5 Å². The zero-order chi connectivity index (χ0) is 19.8. The Morgan fingerprint density at radius 1 is 0.750 bits per heavy atom. The van der Waals surface area contributed by atoms with E-state index in [4.69, 9.17) is 19.2 Å². The second-order valence-electron chi connectivity index (χ2n) is 6.06. The highest BCUT2D eigenvalue weighted by Gasteiger charge is 2.14. The molecule has 0 saturated carbocycles. The summed E-state index contributed by atoms with van der Waals surface area (Å²) in [7, 11) is 4.97. The molecule has 0 unspecified atom stereocenters. The number of nitrogens with zero attached hydrogens (tertiary/aromatic N) is 3. The maximum Gasteiger partial charge on any atom is 0.243 e. The van der Waals surface area contributed by atoms with Gasteiger partial charge in [0.15, 0.2) is 0 Å². The standard InChI is InChI=1S/C21H24N4O3/c1-26-14-4-13-22-21-23-19(15-5-9-17(27-2)10-6-15)20(24-25-21)16-7-11-18(28-3)12-8-16/h5-12H,4,13-14H2,1-3H3,(H,22,23,25). The monoisotopic (exact) mass is 380 g/mol. The lowest BCUT2D eigenvalue weighted by Gasteiger charge is -2.11. The molecule has 1 heterocycles. The van der Waals surface area contributed by atoms with Gasteiger partial charge >= 0.3 is 0 Å². The van der Waals surface area contributed by atoms with Crippen molar-refractivity contribution in [1.29, 1.82) is 0 Å². The number of anilines is 1. The van der Waals surface area contributed by atoms with Crippen LogP contribution < -0.4 is 14.8 Å². The van der Waals surface area contributed by atoms with Crippen LogP contribution in [0, 0.1) is 0 Å². The van der Waals surface area contributed by atoms with Crippen LogP contribution in [-0.4, -0.2) is 49.7 Å². The van der Waals surface area contributed by atoms with Crippen LogP contribution in [0.3, 0.4) is 0 Å². The van der Waals surface area contributed by atoms with Gasteiger partial charge in [-0.3, -0.25) is 0 Å². The molecule has 0 bridgehead atoms. The lowest BCUT2D eigenvalue weighted by Crippen LogP contribution is -2.10. The van der Waals surface area contributed by atoms with Crippen LogP contribution in [0.2, 0.25) is 0 Å². The van der Waals surface area contributed by atoms with Gasteiger partial charge in [-0.25, -0.2) is 4.98 Å². The van der Waals surface area contributed by atoms with Crippen molar-refractivity contribution in [1.82, 2.24) is 15.2 Å². The Bertz CT molecular complexity index is 883. The average molecular weight is 380 g/mol. The maximum absolute atomic E-state index is 5.26. The van der Waals surface area contributed by atoms with Crippen LogP contribution in [-0.2, 0) is 4.74 Å². The van der Waals surface area contributed by atoms with Crippen LogP contribution >= 0.6 is 0 Å². The largest absolute Gasteiger partial charge is 0.497 e. The normalized spacial score (nSPS) is 10.5. The molecule has 2 aromatic carbocycles. The van der Waals surface area contributed by atoms with Crippen molar-refractivity contribution in [3.63, 3.8) is 0 Å². The molecule has 0 atom stereocenters. The number of nitrogens with one attached hydrogen (secondary N) is 1. The van der Waals surface area contributed by atoms with E-state index >= 15 is 0 Å². The first-order valence-corrected chi connectivity index (χ1v) is 9.01. The highest BCUT2D eigenvalue weighted by Crippen LogP contribution is 2.31. The van der Waals surface area contributed by atoms with E-state index in [2.05, 4.69) is 15.5 Å². The third-order valence-corrected chi connectivity index (χ3v) is 4.22. The van der Waals surface area contributed by atoms with Gasteiger partial charge in [0, 0.05) is 31.4 Å².